The molecule has 0 radical (unpaired) electrons. The fourth-order valence-electron chi connectivity index (χ4n) is 3.02. The maximum absolute atomic E-state index is 2.21. The first-order valence-electron chi connectivity index (χ1n) is 12.7. The van der Waals surface area contributed by atoms with Crippen LogP contribution in [0.25, 0.3) is 11.1 Å². The molecule has 0 saturated carbocycles. The summed E-state index contributed by atoms with van der Waals surface area (Å²) in [6, 6.07) is 36.3. The molecule has 4 aromatic rings. The first kappa shape index (κ1) is 31.9. The van der Waals surface area contributed by atoms with Crippen LogP contribution in [0.3, 0.4) is 0 Å². The van der Waals surface area contributed by atoms with Crippen molar-refractivity contribution in [2.45, 2.75) is 75.2 Å². The first-order chi connectivity index (χ1) is 16.4. The SMILES string of the molecule is C.CCC.CCc1ccc(CC)cc1.Cc1ccc(-c2ccccc2)cc1.Cc1ccc(C)cc1. The van der Waals surface area contributed by atoms with Crippen molar-refractivity contribution < 1.29 is 0 Å². The maximum atomic E-state index is 2.21. The van der Waals surface area contributed by atoms with Gasteiger partial charge in [0.1, 0.15) is 0 Å². The number of aryl methyl sites for hydroxylation is 5. The Morgan fingerprint density at radius 2 is 0.686 bits per heavy atom. The standard InChI is InChI=1S/C13H12.C10H14.C8H10.C3H8.CH4/c1-11-7-9-13(10-8-11)12-5-3-2-4-6-12;1-3-9-5-7-10(4-2)8-6-9;1-7-3-5-8(2)6-4-7;1-3-2;/h2-10H,1H3;5-8H,3-4H2,1-2H3;3-6H,1-2H3;3H2,1-2H3;1H4. The highest BCUT2D eigenvalue weighted by Crippen LogP contribution is 2.18. The zero-order valence-corrected chi connectivity index (χ0v) is 22.4. The van der Waals surface area contributed by atoms with Crippen LogP contribution < -0.4 is 0 Å². The summed E-state index contributed by atoms with van der Waals surface area (Å²) in [7, 11) is 0. The van der Waals surface area contributed by atoms with E-state index in [1.807, 2.05) is 6.07 Å². The molecule has 0 heterocycles. The van der Waals surface area contributed by atoms with E-state index >= 15 is 0 Å². The largest absolute Gasteiger partial charge is 0.0776 e. The van der Waals surface area contributed by atoms with E-state index in [1.165, 1.54) is 45.4 Å². The fourth-order valence-corrected chi connectivity index (χ4v) is 3.02. The lowest BCUT2D eigenvalue weighted by Crippen LogP contribution is -1.81. The summed E-state index contributed by atoms with van der Waals surface area (Å²) in [5.74, 6) is 0. The van der Waals surface area contributed by atoms with Crippen molar-refractivity contribution in [2.24, 2.45) is 0 Å². The Kier molecular flexibility index (Phi) is 17.5. The predicted molar refractivity (Wildman–Crippen MR) is 160 cm³/mol. The van der Waals surface area contributed by atoms with Gasteiger partial charge in [-0.1, -0.05) is 161 Å². The lowest BCUT2D eigenvalue weighted by atomic mass is 10.0. The van der Waals surface area contributed by atoms with Gasteiger partial charge in [0.25, 0.3) is 0 Å². The smallest absolute Gasteiger partial charge is 0.0184 e. The molecular formula is C35H48. The second-order valence-electron chi connectivity index (χ2n) is 8.62. The van der Waals surface area contributed by atoms with Crippen LogP contribution in [0.4, 0.5) is 0 Å². The van der Waals surface area contributed by atoms with Gasteiger partial charge in [0, 0.05) is 0 Å². The summed E-state index contributed by atoms with van der Waals surface area (Å²) >= 11 is 0. The molecule has 0 aromatic heterocycles. The number of rotatable bonds is 3. The Morgan fingerprint density at radius 1 is 0.400 bits per heavy atom. The summed E-state index contributed by atoms with van der Waals surface area (Å²) < 4.78 is 0. The highest BCUT2D eigenvalue weighted by atomic mass is 14.0. The average molecular weight is 469 g/mol. The van der Waals surface area contributed by atoms with Crippen molar-refractivity contribution >= 4 is 0 Å². The van der Waals surface area contributed by atoms with Gasteiger partial charge in [0.2, 0.25) is 0 Å². The summed E-state index contributed by atoms with van der Waals surface area (Å²) in [6.07, 6.45) is 3.54. The molecule has 0 aliphatic rings. The predicted octanol–water partition coefficient (Wildman–Crippen LogP) is 10.8. The molecule has 0 nitrogen and oxygen atoms in total. The number of benzene rings is 4. The van der Waals surface area contributed by atoms with Crippen molar-refractivity contribution in [1.82, 2.24) is 0 Å². The van der Waals surface area contributed by atoms with Crippen molar-refractivity contribution in [3.05, 3.63) is 131 Å². The zero-order chi connectivity index (χ0) is 25.2. The second-order valence-corrected chi connectivity index (χ2v) is 8.62. The molecule has 4 aromatic carbocycles. The molecule has 0 amide bonds. The summed E-state index contributed by atoms with van der Waals surface area (Å²) in [5, 5.41) is 0. The van der Waals surface area contributed by atoms with Crippen LogP contribution in [0.2, 0.25) is 0 Å². The van der Waals surface area contributed by atoms with Crippen molar-refractivity contribution in [1.29, 1.82) is 0 Å². The monoisotopic (exact) mass is 468 g/mol. The van der Waals surface area contributed by atoms with Gasteiger partial charge in [-0.15, -0.1) is 0 Å². The molecule has 0 fully saturated rings. The van der Waals surface area contributed by atoms with Crippen LogP contribution in [0.5, 0.6) is 0 Å². The Labute approximate surface area is 217 Å². The van der Waals surface area contributed by atoms with E-state index in [0.29, 0.717) is 0 Å². The van der Waals surface area contributed by atoms with Crippen LogP contribution in [0.1, 0.15) is 69.4 Å². The maximum Gasteiger partial charge on any atom is -0.0184 e. The Hall–Kier alpha value is -3.12. The molecule has 0 heteroatoms. The molecule has 0 spiro atoms. The van der Waals surface area contributed by atoms with Gasteiger partial charge < -0.3 is 0 Å². The summed E-state index contributed by atoms with van der Waals surface area (Å²) in [5.41, 5.74) is 9.38. The minimum Gasteiger partial charge on any atom is -0.0776 e. The van der Waals surface area contributed by atoms with Gasteiger partial charge in [0.15, 0.2) is 0 Å². The second kappa shape index (κ2) is 19.2. The van der Waals surface area contributed by atoms with Crippen molar-refractivity contribution in [2.75, 3.05) is 0 Å². The third kappa shape index (κ3) is 14.0. The third-order valence-electron chi connectivity index (χ3n) is 5.22. The Morgan fingerprint density at radius 3 is 1.00 bits per heavy atom. The minimum atomic E-state index is 0. The zero-order valence-electron chi connectivity index (χ0n) is 22.4. The van der Waals surface area contributed by atoms with E-state index in [1.54, 1.807) is 0 Å². The molecule has 4 rings (SSSR count). The lowest BCUT2D eigenvalue weighted by Gasteiger charge is -2.00. The quantitative estimate of drug-likeness (QED) is 0.280. The first-order valence-corrected chi connectivity index (χ1v) is 12.7. The van der Waals surface area contributed by atoms with Gasteiger partial charge in [-0.2, -0.15) is 0 Å². The Bertz CT molecular complexity index is 948. The van der Waals surface area contributed by atoms with E-state index in [-0.39, 0.29) is 7.43 Å². The van der Waals surface area contributed by atoms with Gasteiger partial charge in [0.05, 0.1) is 0 Å². The molecular weight excluding hydrogens is 420 g/mol. The third-order valence-corrected chi connectivity index (χ3v) is 5.22. The molecule has 0 saturated heterocycles. The molecule has 0 bridgehead atoms. The van der Waals surface area contributed by atoms with Crippen LogP contribution in [-0.2, 0) is 12.8 Å². The number of hydrogen-bond acceptors (Lipinski definition) is 0. The van der Waals surface area contributed by atoms with E-state index in [4.69, 9.17) is 0 Å². The van der Waals surface area contributed by atoms with Gasteiger partial charge in [-0.3, -0.25) is 0 Å². The molecule has 0 aliphatic heterocycles. The van der Waals surface area contributed by atoms with Crippen LogP contribution >= 0.6 is 0 Å². The van der Waals surface area contributed by atoms with Crippen LogP contribution in [0, 0.1) is 20.8 Å². The van der Waals surface area contributed by atoms with Crippen molar-refractivity contribution in [3.8, 4) is 11.1 Å². The van der Waals surface area contributed by atoms with Gasteiger partial charge in [-0.05, 0) is 55.9 Å². The van der Waals surface area contributed by atoms with Crippen molar-refractivity contribution in [3.63, 3.8) is 0 Å². The Balaban J connectivity index is 0.000000474. The topological polar surface area (TPSA) is 0 Å². The minimum absolute atomic E-state index is 0. The highest BCUT2D eigenvalue weighted by molar-refractivity contribution is 5.63. The fraction of sp³-hybridized carbons (Fsp3) is 0.314. The lowest BCUT2D eigenvalue weighted by molar-refractivity contribution is 1.09. The summed E-state index contributed by atoms with van der Waals surface area (Å²) in [6.45, 7) is 14.9. The van der Waals surface area contributed by atoms with E-state index in [9.17, 15) is 0 Å². The van der Waals surface area contributed by atoms with Crippen LogP contribution in [-0.4, -0.2) is 0 Å². The molecule has 0 atom stereocenters. The molecule has 35 heavy (non-hydrogen) atoms. The van der Waals surface area contributed by atoms with Gasteiger partial charge in [-0.25, -0.2) is 0 Å². The molecule has 0 unspecified atom stereocenters. The van der Waals surface area contributed by atoms with Gasteiger partial charge >= 0.3 is 0 Å². The average Bonchev–Trinajstić information content (AvgIpc) is 2.88. The normalized spacial score (nSPS) is 9.11. The van der Waals surface area contributed by atoms with Crippen LogP contribution in [0.15, 0.2) is 103 Å². The van der Waals surface area contributed by atoms with E-state index < -0.39 is 0 Å². The highest BCUT2D eigenvalue weighted by Gasteiger charge is 1.94. The van der Waals surface area contributed by atoms with E-state index in [2.05, 4.69) is 146 Å². The molecule has 188 valence electrons. The molecule has 0 aliphatic carbocycles. The molecule has 0 N–H and O–H groups in total. The number of hydrogen-bond donors (Lipinski definition) is 0. The summed E-state index contributed by atoms with van der Waals surface area (Å²) in [4.78, 5) is 0. The van der Waals surface area contributed by atoms with E-state index in [0.717, 1.165) is 12.8 Å².